The second-order valence-electron chi connectivity index (χ2n) is 8.48. The Labute approximate surface area is 187 Å². The average Bonchev–Trinajstić information content (AvgIpc) is 3.55. The standard InChI is InChI=1S/C24H30N4O4/c1-12-7-10-17(11-13(12)2)26-22(30)18-14(3)20(28(6)15(18)4)21(29)24(32)27-19(16-8-9-16)23(31)25-5/h7,10-11,16,19H,8-9H2,1-6H3,(H,25,31)(H,26,30)(H,27,32). The van der Waals surface area contributed by atoms with Crippen LogP contribution in [0.25, 0.3) is 0 Å². The van der Waals surface area contributed by atoms with Gasteiger partial charge in [0, 0.05) is 25.5 Å². The third-order valence-electron chi connectivity index (χ3n) is 6.25. The smallest absolute Gasteiger partial charge is 0.294 e. The van der Waals surface area contributed by atoms with Crippen LogP contribution < -0.4 is 16.0 Å². The molecule has 3 rings (SSSR count). The van der Waals surface area contributed by atoms with Crippen molar-refractivity contribution in [3.8, 4) is 0 Å². The number of carbonyl (C=O) groups excluding carboxylic acids is 4. The van der Waals surface area contributed by atoms with Crippen molar-refractivity contribution >= 4 is 29.2 Å². The minimum absolute atomic E-state index is 0.0437. The van der Waals surface area contributed by atoms with Gasteiger partial charge in [-0.25, -0.2) is 0 Å². The second kappa shape index (κ2) is 8.98. The van der Waals surface area contributed by atoms with Gasteiger partial charge in [0.2, 0.25) is 5.91 Å². The summed E-state index contributed by atoms with van der Waals surface area (Å²) in [5.74, 6) is -2.24. The first-order valence-corrected chi connectivity index (χ1v) is 10.7. The van der Waals surface area contributed by atoms with Gasteiger partial charge in [0.1, 0.15) is 6.04 Å². The fraction of sp³-hybridized carbons (Fsp3) is 0.417. The number of hydrogen-bond acceptors (Lipinski definition) is 4. The van der Waals surface area contributed by atoms with Gasteiger partial charge in [0.05, 0.1) is 11.3 Å². The van der Waals surface area contributed by atoms with E-state index in [1.54, 1.807) is 25.5 Å². The number of aryl methyl sites for hydroxylation is 2. The van der Waals surface area contributed by atoms with Crippen molar-refractivity contribution in [3.05, 3.63) is 51.8 Å². The lowest BCUT2D eigenvalue weighted by Crippen LogP contribution is -2.49. The molecule has 0 spiro atoms. The first-order valence-electron chi connectivity index (χ1n) is 10.7. The van der Waals surface area contributed by atoms with Crippen LogP contribution in [0.2, 0.25) is 0 Å². The topological polar surface area (TPSA) is 109 Å². The average molecular weight is 439 g/mol. The van der Waals surface area contributed by atoms with Crippen LogP contribution in [0.15, 0.2) is 18.2 Å². The van der Waals surface area contributed by atoms with Gasteiger partial charge in [-0.15, -0.1) is 0 Å². The number of carbonyl (C=O) groups is 4. The molecule has 0 bridgehead atoms. The van der Waals surface area contributed by atoms with Crippen LogP contribution in [-0.2, 0) is 16.6 Å². The number of ketones is 1. The van der Waals surface area contributed by atoms with Crippen molar-refractivity contribution in [2.75, 3.05) is 12.4 Å². The summed E-state index contributed by atoms with van der Waals surface area (Å²) >= 11 is 0. The van der Waals surface area contributed by atoms with Gasteiger partial charge >= 0.3 is 0 Å². The van der Waals surface area contributed by atoms with Crippen LogP contribution in [0.1, 0.15) is 56.1 Å². The molecule has 1 aliphatic carbocycles. The number of likely N-dealkylation sites (N-methyl/N-ethyl adjacent to an activating group) is 1. The fourth-order valence-corrected chi connectivity index (χ4v) is 3.94. The zero-order valence-corrected chi connectivity index (χ0v) is 19.4. The molecule has 1 aliphatic rings. The molecule has 3 amide bonds. The monoisotopic (exact) mass is 438 g/mol. The van der Waals surface area contributed by atoms with E-state index in [1.165, 1.54) is 7.05 Å². The minimum atomic E-state index is -0.852. The van der Waals surface area contributed by atoms with Gasteiger partial charge in [-0.1, -0.05) is 6.07 Å². The van der Waals surface area contributed by atoms with E-state index < -0.39 is 17.7 Å². The first kappa shape index (κ1) is 23.2. The van der Waals surface area contributed by atoms with Crippen LogP contribution in [0.4, 0.5) is 5.69 Å². The quantitative estimate of drug-likeness (QED) is 0.455. The van der Waals surface area contributed by atoms with Crippen molar-refractivity contribution in [2.24, 2.45) is 13.0 Å². The Morgan fingerprint density at radius 3 is 2.25 bits per heavy atom. The molecule has 32 heavy (non-hydrogen) atoms. The summed E-state index contributed by atoms with van der Waals surface area (Å²) in [6.07, 6.45) is 1.66. The van der Waals surface area contributed by atoms with Gasteiger partial charge in [-0.2, -0.15) is 0 Å². The number of anilines is 1. The van der Waals surface area contributed by atoms with E-state index in [2.05, 4.69) is 16.0 Å². The van der Waals surface area contributed by atoms with Crippen molar-refractivity contribution in [2.45, 2.75) is 46.6 Å². The predicted molar refractivity (Wildman–Crippen MR) is 122 cm³/mol. The van der Waals surface area contributed by atoms with E-state index in [4.69, 9.17) is 0 Å². The van der Waals surface area contributed by atoms with Crippen LogP contribution in [0.3, 0.4) is 0 Å². The Balaban J connectivity index is 1.85. The van der Waals surface area contributed by atoms with Crippen molar-refractivity contribution in [3.63, 3.8) is 0 Å². The van der Waals surface area contributed by atoms with E-state index in [-0.39, 0.29) is 23.4 Å². The molecule has 0 radical (unpaired) electrons. The Bertz CT molecular complexity index is 1110. The Hall–Kier alpha value is -3.42. The van der Waals surface area contributed by atoms with Crippen LogP contribution in [-0.4, -0.2) is 41.2 Å². The summed E-state index contributed by atoms with van der Waals surface area (Å²) in [6.45, 7) is 7.34. The lowest BCUT2D eigenvalue weighted by atomic mass is 10.1. The lowest BCUT2D eigenvalue weighted by Gasteiger charge is -2.16. The molecule has 1 fully saturated rings. The zero-order valence-electron chi connectivity index (χ0n) is 19.4. The highest BCUT2D eigenvalue weighted by Gasteiger charge is 2.38. The van der Waals surface area contributed by atoms with Gasteiger partial charge in [-0.3, -0.25) is 19.2 Å². The Morgan fingerprint density at radius 1 is 1.03 bits per heavy atom. The SMILES string of the molecule is CNC(=O)C(NC(=O)C(=O)c1c(C)c(C(=O)Nc2ccc(C)c(C)c2)c(C)n1C)C1CC1. The highest BCUT2D eigenvalue weighted by Crippen LogP contribution is 2.33. The van der Waals surface area contributed by atoms with E-state index >= 15 is 0 Å². The van der Waals surface area contributed by atoms with Crippen LogP contribution in [0.5, 0.6) is 0 Å². The number of nitrogens with zero attached hydrogens (tertiary/aromatic N) is 1. The molecule has 1 aromatic heterocycles. The number of aromatic nitrogens is 1. The van der Waals surface area contributed by atoms with Crippen molar-refractivity contribution in [1.82, 2.24) is 15.2 Å². The van der Waals surface area contributed by atoms with Crippen LogP contribution >= 0.6 is 0 Å². The Morgan fingerprint density at radius 2 is 1.69 bits per heavy atom. The van der Waals surface area contributed by atoms with Gasteiger partial charge in [-0.05, 0) is 75.3 Å². The number of rotatable bonds is 7. The fourth-order valence-electron chi connectivity index (χ4n) is 3.94. The lowest BCUT2D eigenvalue weighted by molar-refractivity contribution is -0.127. The third-order valence-corrected chi connectivity index (χ3v) is 6.25. The number of amides is 3. The van der Waals surface area contributed by atoms with Crippen molar-refractivity contribution in [1.29, 1.82) is 0 Å². The minimum Gasteiger partial charge on any atom is -0.357 e. The maximum absolute atomic E-state index is 13.0. The molecule has 3 N–H and O–H groups in total. The van der Waals surface area contributed by atoms with E-state index in [1.807, 2.05) is 32.0 Å². The number of nitrogens with one attached hydrogen (secondary N) is 3. The number of hydrogen-bond donors (Lipinski definition) is 3. The third kappa shape index (κ3) is 4.44. The predicted octanol–water partition coefficient (Wildman–Crippen LogP) is 2.33. The molecular formula is C24H30N4O4. The molecule has 2 aromatic rings. The van der Waals surface area contributed by atoms with Crippen LogP contribution in [0, 0.1) is 33.6 Å². The van der Waals surface area contributed by atoms with E-state index in [0.717, 1.165) is 24.0 Å². The summed E-state index contributed by atoms with van der Waals surface area (Å²) in [5.41, 5.74) is 4.32. The summed E-state index contributed by atoms with van der Waals surface area (Å²) in [7, 11) is 3.14. The summed E-state index contributed by atoms with van der Waals surface area (Å²) in [6, 6.07) is 4.91. The van der Waals surface area contributed by atoms with Gasteiger partial charge in [0.25, 0.3) is 17.6 Å². The van der Waals surface area contributed by atoms with Gasteiger partial charge in [0.15, 0.2) is 0 Å². The number of Topliss-reactive ketones (excluding diaryl/α,β-unsaturated/α-hetero) is 1. The van der Waals surface area contributed by atoms with Gasteiger partial charge < -0.3 is 20.5 Å². The van der Waals surface area contributed by atoms with E-state index in [0.29, 0.717) is 22.5 Å². The largest absolute Gasteiger partial charge is 0.357 e. The maximum atomic E-state index is 13.0. The molecule has 1 heterocycles. The first-order chi connectivity index (χ1) is 15.1. The molecular weight excluding hydrogens is 408 g/mol. The summed E-state index contributed by atoms with van der Waals surface area (Å²) in [4.78, 5) is 50.8. The molecule has 1 unspecified atom stereocenters. The molecule has 0 saturated heterocycles. The normalized spacial score (nSPS) is 13.9. The summed E-state index contributed by atoms with van der Waals surface area (Å²) < 4.78 is 1.55. The molecule has 1 saturated carbocycles. The second-order valence-corrected chi connectivity index (χ2v) is 8.48. The molecule has 8 heteroatoms. The molecule has 8 nitrogen and oxygen atoms in total. The molecule has 1 aromatic carbocycles. The van der Waals surface area contributed by atoms with E-state index in [9.17, 15) is 19.2 Å². The highest BCUT2D eigenvalue weighted by atomic mass is 16.2. The highest BCUT2D eigenvalue weighted by molar-refractivity contribution is 6.43. The number of benzene rings is 1. The summed E-state index contributed by atoms with van der Waals surface area (Å²) in [5, 5.41) is 7.98. The molecule has 170 valence electrons. The zero-order chi connectivity index (χ0) is 23.7. The Kier molecular flexibility index (Phi) is 6.52. The maximum Gasteiger partial charge on any atom is 0.294 e. The molecule has 0 aliphatic heterocycles. The molecule has 1 atom stereocenters. The van der Waals surface area contributed by atoms with Crippen molar-refractivity contribution < 1.29 is 19.2 Å².